The van der Waals surface area contributed by atoms with Crippen LogP contribution in [0.4, 0.5) is 13.8 Å². The number of thiophene rings is 1. The molecule has 0 atom stereocenters. The van der Waals surface area contributed by atoms with Crippen LogP contribution in [0.3, 0.4) is 0 Å². The van der Waals surface area contributed by atoms with Gasteiger partial charge in [0.25, 0.3) is 0 Å². The molecule has 1 aliphatic rings. The number of anilines is 1. The van der Waals surface area contributed by atoms with E-state index in [4.69, 9.17) is 5.73 Å². The molecular formula is C21H19F2N3OS. The molecule has 0 unspecified atom stereocenters. The zero-order chi connectivity index (χ0) is 19.7. The lowest BCUT2D eigenvalue weighted by Gasteiger charge is -2.21. The van der Waals surface area contributed by atoms with Gasteiger partial charge in [0.15, 0.2) is 11.6 Å². The minimum atomic E-state index is -0.915. The summed E-state index contributed by atoms with van der Waals surface area (Å²) in [6.45, 7) is 0. The molecule has 0 radical (unpaired) electrons. The van der Waals surface area contributed by atoms with Crippen LogP contribution < -0.4 is 11.1 Å². The Kier molecular flexibility index (Phi) is 4.95. The fourth-order valence-corrected chi connectivity index (χ4v) is 4.60. The lowest BCUT2D eigenvalue weighted by Crippen LogP contribution is -2.48. The number of nitrogens with two attached hydrogens (primary N) is 1. The van der Waals surface area contributed by atoms with Crippen LogP contribution in [-0.4, -0.2) is 16.4 Å². The average Bonchev–Trinajstić information content (AvgIpc) is 3.32. The zero-order valence-corrected chi connectivity index (χ0v) is 15.9. The molecule has 2 heterocycles. The molecule has 3 N–H and O–H groups in total. The fourth-order valence-electron chi connectivity index (χ4n) is 3.52. The molecule has 3 aromatic rings. The number of rotatable bonds is 4. The van der Waals surface area contributed by atoms with Crippen molar-refractivity contribution in [1.29, 1.82) is 0 Å². The summed E-state index contributed by atoms with van der Waals surface area (Å²) < 4.78 is 27.2. The third-order valence-corrected chi connectivity index (χ3v) is 6.19. The van der Waals surface area contributed by atoms with Gasteiger partial charge in [-0.15, -0.1) is 11.3 Å². The van der Waals surface area contributed by atoms with Gasteiger partial charge in [-0.1, -0.05) is 18.9 Å². The topological polar surface area (TPSA) is 68.0 Å². The highest BCUT2D eigenvalue weighted by Crippen LogP contribution is 2.42. The number of halogens is 2. The molecule has 0 bridgehead atoms. The molecule has 2 aromatic heterocycles. The summed E-state index contributed by atoms with van der Waals surface area (Å²) in [4.78, 5) is 17.5. The molecule has 28 heavy (non-hydrogen) atoms. The molecule has 0 aliphatic heterocycles. The number of benzene rings is 1. The van der Waals surface area contributed by atoms with Crippen molar-refractivity contribution in [3.05, 3.63) is 60.4 Å². The van der Waals surface area contributed by atoms with E-state index in [-0.39, 0.29) is 5.91 Å². The van der Waals surface area contributed by atoms with Crippen molar-refractivity contribution in [1.82, 2.24) is 4.98 Å². The summed E-state index contributed by atoms with van der Waals surface area (Å²) in [7, 11) is 0. The first kappa shape index (κ1) is 18.7. The molecule has 4 rings (SSSR count). The van der Waals surface area contributed by atoms with E-state index in [1.54, 1.807) is 18.5 Å². The highest BCUT2D eigenvalue weighted by atomic mass is 32.1. The van der Waals surface area contributed by atoms with Gasteiger partial charge >= 0.3 is 0 Å². The number of nitrogens with zero attached hydrogens (tertiary/aromatic N) is 1. The quantitative estimate of drug-likeness (QED) is 0.651. The molecule has 0 spiro atoms. The van der Waals surface area contributed by atoms with Gasteiger partial charge < -0.3 is 11.1 Å². The number of amides is 1. The lowest BCUT2D eigenvalue weighted by atomic mass is 9.98. The van der Waals surface area contributed by atoms with Crippen LogP contribution in [0.5, 0.6) is 0 Å². The van der Waals surface area contributed by atoms with Gasteiger partial charge in [-0.25, -0.2) is 8.78 Å². The van der Waals surface area contributed by atoms with Gasteiger partial charge in [0.2, 0.25) is 5.91 Å². The first-order valence-corrected chi connectivity index (χ1v) is 9.88. The minimum absolute atomic E-state index is 0.204. The second-order valence-corrected chi connectivity index (χ2v) is 8.09. The normalized spacial score (nSPS) is 15.5. The molecule has 0 saturated heterocycles. The monoisotopic (exact) mass is 399 g/mol. The molecule has 1 amide bonds. The number of hydrogen-bond acceptors (Lipinski definition) is 4. The largest absolute Gasteiger partial charge is 0.317 e. The molecular weight excluding hydrogens is 380 g/mol. The van der Waals surface area contributed by atoms with E-state index in [1.807, 2.05) is 12.1 Å². The van der Waals surface area contributed by atoms with E-state index < -0.39 is 17.2 Å². The van der Waals surface area contributed by atoms with Crippen molar-refractivity contribution >= 4 is 22.2 Å². The maximum atomic E-state index is 13.8. The number of pyridine rings is 1. The standard InChI is InChI=1S/C21H19F2N3OS/c22-16-4-3-14(11-17(16)23)15-12-18(26-20(27)21(24)7-1-2-8-21)28-19(15)13-5-9-25-10-6-13/h3-6,9-12H,1-2,7-8,24H2,(H,26,27). The van der Waals surface area contributed by atoms with Gasteiger partial charge in [0, 0.05) is 22.8 Å². The summed E-state index contributed by atoms with van der Waals surface area (Å²) >= 11 is 1.37. The van der Waals surface area contributed by atoms with Crippen molar-refractivity contribution in [2.45, 2.75) is 31.2 Å². The van der Waals surface area contributed by atoms with Crippen LogP contribution in [0.1, 0.15) is 25.7 Å². The molecule has 4 nitrogen and oxygen atoms in total. The van der Waals surface area contributed by atoms with Crippen LogP contribution in [-0.2, 0) is 4.79 Å². The molecule has 7 heteroatoms. The Hall–Kier alpha value is -2.64. The van der Waals surface area contributed by atoms with Crippen LogP contribution in [0.2, 0.25) is 0 Å². The summed E-state index contributed by atoms with van der Waals surface area (Å²) in [5, 5.41) is 3.54. The molecule has 1 saturated carbocycles. The van der Waals surface area contributed by atoms with E-state index in [1.165, 1.54) is 17.4 Å². The SMILES string of the molecule is NC1(C(=O)Nc2cc(-c3ccc(F)c(F)c3)c(-c3ccncc3)s2)CCCC1. The first-order chi connectivity index (χ1) is 13.5. The van der Waals surface area contributed by atoms with Gasteiger partial charge in [0.1, 0.15) is 0 Å². The summed E-state index contributed by atoms with van der Waals surface area (Å²) in [5.41, 5.74) is 7.53. The van der Waals surface area contributed by atoms with Crippen molar-refractivity contribution in [3.8, 4) is 21.6 Å². The highest BCUT2D eigenvalue weighted by Gasteiger charge is 2.37. The van der Waals surface area contributed by atoms with Gasteiger partial charge in [-0.05, 0) is 54.3 Å². The summed E-state index contributed by atoms with van der Waals surface area (Å²) in [6.07, 6.45) is 6.54. The van der Waals surface area contributed by atoms with Crippen LogP contribution in [0.25, 0.3) is 21.6 Å². The smallest absolute Gasteiger partial charge is 0.245 e. The summed E-state index contributed by atoms with van der Waals surface area (Å²) in [6, 6.07) is 9.24. The van der Waals surface area contributed by atoms with Crippen molar-refractivity contribution in [2.75, 3.05) is 5.32 Å². The van der Waals surface area contributed by atoms with Gasteiger partial charge in [-0.3, -0.25) is 9.78 Å². The van der Waals surface area contributed by atoms with Crippen molar-refractivity contribution in [3.63, 3.8) is 0 Å². The maximum Gasteiger partial charge on any atom is 0.245 e. The molecule has 144 valence electrons. The highest BCUT2D eigenvalue weighted by molar-refractivity contribution is 7.20. The van der Waals surface area contributed by atoms with E-state index in [0.717, 1.165) is 35.4 Å². The van der Waals surface area contributed by atoms with Crippen LogP contribution in [0, 0.1) is 11.6 Å². The third-order valence-electron chi connectivity index (χ3n) is 5.09. The number of hydrogen-bond donors (Lipinski definition) is 2. The molecule has 1 aliphatic carbocycles. The maximum absolute atomic E-state index is 13.8. The Labute approximate surface area is 165 Å². The Bertz CT molecular complexity index is 1010. The zero-order valence-electron chi connectivity index (χ0n) is 15.0. The third kappa shape index (κ3) is 3.55. The Morgan fingerprint density at radius 2 is 1.75 bits per heavy atom. The average molecular weight is 399 g/mol. The first-order valence-electron chi connectivity index (χ1n) is 9.06. The lowest BCUT2D eigenvalue weighted by molar-refractivity contribution is -0.120. The Balaban J connectivity index is 1.74. The predicted molar refractivity (Wildman–Crippen MR) is 107 cm³/mol. The van der Waals surface area contributed by atoms with Crippen molar-refractivity contribution in [2.24, 2.45) is 5.73 Å². The summed E-state index contributed by atoms with van der Waals surface area (Å²) in [5.74, 6) is -2.02. The van der Waals surface area contributed by atoms with E-state index >= 15 is 0 Å². The Morgan fingerprint density at radius 3 is 2.43 bits per heavy atom. The van der Waals surface area contributed by atoms with Crippen LogP contribution >= 0.6 is 11.3 Å². The Morgan fingerprint density at radius 1 is 1.04 bits per heavy atom. The predicted octanol–water partition coefficient (Wildman–Crippen LogP) is 4.97. The van der Waals surface area contributed by atoms with Crippen LogP contribution in [0.15, 0.2) is 48.8 Å². The van der Waals surface area contributed by atoms with Crippen molar-refractivity contribution < 1.29 is 13.6 Å². The van der Waals surface area contributed by atoms with E-state index in [0.29, 0.717) is 29.0 Å². The second-order valence-electron chi connectivity index (χ2n) is 7.04. The molecule has 1 aromatic carbocycles. The number of nitrogens with one attached hydrogen (secondary N) is 1. The van der Waals surface area contributed by atoms with E-state index in [2.05, 4.69) is 10.3 Å². The minimum Gasteiger partial charge on any atom is -0.317 e. The number of carbonyl (C=O) groups is 1. The van der Waals surface area contributed by atoms with E-state index in [9.17, 15) is 13.6 Å². The second kappa shape index (κ2) is 7.41. The fraction of sp³-hybridized carbons (Fsp3) is 0.238. The number of carbonyl (C=O) groups excluding carboxylic acids is 1. The van der Waals surface area contributed by atoms with Gasteiger partial charge in [0.05, 0.1) is 10.5 Å². The van der Waals surface area contributed by atoms with Gasteiger partial charge in [-0.2, -0.15) is 0 Å². The molecule has 1 fully saturated rings. The number of aromatic nitrogens is 1.